The van der Waals surface area contributed by atoms with Gasteiger partial charge in [-0.2, -0.15) is 13.2 Å². The lowest BCUT2D eigenvalue weighted by atomic mass is 9.89. The van der Waals surface area contributed by atoms with E-state index >= 15 is 0 Å². The van der Waals surface area contributed by atoms with Gasteiger partial charge in [-0.15, -0.1) is 0 Å². The minimum absolute atomic E-state index is 0.0308. The van der Waals surface area contributed by atoms with Crippen molar-refractivity contribution >= 4 is 6.09 Å². The highest BCUT2D eigenvalue weighted by molar-refractivity contribution is 5.68. The van der Waals surface area contributed by atoms with Crippen molar-refractivity contribution < 1.29 is 32.5 Å². The fourth-order valence-electron chi connectivity index (χ4n) is 3.65. The Labute approximate surface area is 196 Å². The largest absolute Gasteiger partial charge is 0.475 e. The summed E-state index contributed by atoms with van der Waals surface area (Å²) in [5.41, 5.74) is -0.572. The van der Waals surface area contributed by atoms with Gasteiger partial charge in [-0.25, -0.2) is 19.7 Å². The average Bonchev–Trinajstić information content (AvgIpc) is 2.76. The molecular weight excluding hydrogens is 453 g/mol. The maximum absolute atomic E-state index is 12.9. The molecule has 0 radical (unpaired) electrons. The van der Waals surface area contributed by atoms with Gasteiger partial charge in [0, 0.05) is 36.8 Å². The molecule has 2 aromatic rings. The summed E-state index contributed by atoms with van der Waals surface area (Å²) in [6.07, 6.45) is -3.39. The van der Waals surface area contributed by atoms with E-state index in [0.29, 0.717) is 43.0 Å². The Hall–Kier alpha value is -2.95. The number of aliphatic hydroxyl groups is 1. The molecule has 0 spiro atoms. The number of nitrogens with zero attached hydrogens (tertiary/aromatic N) is 4. The summed E-state index contributed by atoms with van der Waals surface area (Å²) in [5, 5.41) is 10.7. The molecule has 1 fully saturated rings. The number of hydrogen-bond donors (Lipinski definition) is 1. The number of rotatable bonds is 5. The van der Waals surface area contributed by atoms with E-state index in [1.807, 2.05) is 20.8 Å². The van der Waals surface area contributed by atoms with Crippen LogP contribution in [-0.4, -0.2) is 56.3 Å². The van der Waals surface area contributed by atoms with Gasteiger partial charge >= 0.3 is 12.3 Å². The van der Waals surface area contributed by atoms with E-state index < -0.39 is 23.6 Å². The fraction of sp³-hybridized carbons (Fsp3) is 0.565. The van der Waals surface area contributed by atoms with Gasteiger partial charge in [-0.3, -0.25) is 0 Å². The van der Waals surface area contributed by atoms with Crippen molar-refractivity contribution in [3.8, 4) is 5.88 Å². The summed E-state index contributed by atoms with van der Waals surface area (Å²) >= 11 is 0. The van der Waals surface area contributed by atoms with Gasteiger partial charge in [-0.1, -0.05) is 6.07 Å². The number of halogens is 3. The first kappa shape index (κ1) is 25.7. The number of aliphatic hydroxyl groups excluding tert-OH is 1. The van der Waals surface area contributed by atoms with Crippen molar-refractivity contribution in [2.45, 2.75) is 64.3 Å². The number of aromatic nitrogens is 3. The summed E-state index contributed by atoms with van der Waals surface area (Å²) in [6.45, 7) is 7.80. The van der Waals surface area contributed by atoms with E-state index in [2.05, 4.69) is 15.0 Å². The van der Waals surface area contributed by atoms with Crippen LogP contribution in [0.15, 0.2) is 24.4 Å². The number of piperidine rings is 1. The predicted molar refractivity (Wildman–Crippen MR) is 116 cm³/mol. The van der Waals surface area contributed by atoms with Crippen LogP contribution >= 0.6 is 0 Å². The first-order valence-corrected chi connectivity index (χ1v) is 11.0. The van der Waals surface area contributed by atoms with Gasteiger partial charge in [-0.05, 0) is 46.6 Å². The molecule has 1 amide bonds. The lowest BCUT2D eigenvalue weighted by Gasteiger charge is -2.34. The molecule has 11 heteroatoms. The Morgan fingerprint density at radius 1 is 1.21 bits per heavy atom. The third-order valence-electron chi connectivity index (χ3n) is 5.26. The summed E-state index contributed by atoms with van der Waals surface area (Å²) in [5.74, 6) is 0.256. The normalized spacial score (nSPS) is 16.3. The van der Waals surface area contributed by atoms with E-state index in [-0.39, 0.29) is 24.5 Å². The SMILES string of the molecule is Cc1ncc(C(O)COc2cccc(C(F)(F)F)n2)c(C2CCN(C(=O)OC(C)(C)C)CC2)n1. The van der Waals surface area contributed by atoms with Crippen LogP contribution in [0.5, 0.6) is 5.88 Å². The van der Waals surface area contributed by atoms with Crippen molar-refractivity contribution in [1.82, 2.24) is 19.9 Å². The molecular formula is C23H29F3N4O4. The standard InChI is InChI=1S/C23H29F3N4O4/c1-14-27-12-16(17(31)13-33-19-7-5-6-18(29-19)23(24,25)26)20(28-14)15-8-10-30(11-9-15)21(32)34-22(2,3)4/h5-7,12,15,17,31H,8-11,13H2,1-4H3. The lowest BCUT2D eigenvalue weighted by molar-refractivity contribution is -0.141. The molecule has 186 valence electrons. The summed E-state index contributed by atoms with van der Waals surface area (Å²) in [4.78, 5) is 26.1. The predicted octanol–water partition coefficient (Wildman–Crippen LogP) is 4.43. The summed E-state index contributed by atoms with van der Waals surface area (Å²) in [6, 6.07) is 3.33. The molecule has 1 atom stereocenters. The minimum Gasteiger partial charge on any atom is -0.475 e. The van der Waals surface area contributed by atoms with Crippen LogP contribution in [0.4, 0.5) is 18.0 Å². The van der Waals surface area contributed by atoms with Crippen LogP contribution in [0, 0.1) is 6.92 Å². The number of likely N-dealkylation sites (tertiary alicyclic amines) is 1. The zero-order chi connectivity index (χ0) is 25.1. The third kappa shape index (κ3) is 6.78. The second-order valence-electron chi connectivity index (χ2n) is 9.19. The molecule has 1 aliphatic rings. The zero-order valence-electron chi connectivity index (χ0n) is 19.6. The first-order chi connectivity index (χ1) is 15.8. The van der Waals surface area contributed by atoms with Crippen LogP contribution < -0.4 is 4.74 Å². The van der Waals surface area contributed by atoms with Crippen molar-refractivity contribution in [3.63, 3.8) is 0 Å². The molecule has 3 rings (SSSR count). The summed E-state index contributed by atoms with van der Waals surface area (Å²) in [7, 11) is 0. The first-order valence-electron chi connectivity index (χ1n) is 11.0. The van der Waals surface area contributed by atoms with E-state index in [1.54, 1.807) is 11.8 Å². The van der Waals surface area contributed by atoms with E-state index in [1.165, 1.54) is 18.3 Å². The van der Waals surface area contributed by atoms with Crippen LogP contribution in [0.25, 0.3) is 0 Å². The highest BCUT2D eigenvalue weighted by Gasteiger charge is 2.33. The maximum atomic E-state index is 12.9. The van der Waals surface area contributed by atoms with Crippen LogP contribution in [-0.2, 0) is 10.9 Å². The molecule has 34 heavy (non-hydrogen) atoms. The number of hydrogen-bond acceptors (Lipinski definition) is 7. The molecule has 1 saturated heterocycles. The Kier molecular flexibility index (Phi) is 7.64. The molecule has 0 saturated carbocycles. The lowest BCUT2D eigenvalue weighted by Crippen LogP contribution is -2.41. The van der Waals surface area contributed by atoms with E-state index in [9.17, 15) is 23.1 Å². The monoisotopic (exact) mass is 482 g/mol. The van der Waals surface area contributed by atoms with Crippen molar-refractivity contribution in [2.75, 3.05) is 19.7 Å². The molecule has 0 bridgehead atoms. The Morgan fingerprint density at radius 2 is 1.88 bits per heavy atom. The van der Waals surface area contributed by atoms with Gasteiger partial charge in [0.05, 0.1) is 5.69 Å². The van der Waals surface area contributed by atoms with Gasteiger partial charge < -0.3 is 19.5 Å². The summed E-state index contributed by atoms with van der Waals surface area (Å²) < 4.78 is 49.4. The van der Waals surface area contributed by atoms with Crippen molar-refractivity contribution in [2.24, 2.45) is 0 Å². The maximum Gasteiger partial charge on any atom is 0.433 e. The molecule has 1 unspecified atom stereocenters. The second kappa shape index (κ2) is 10.1. The molecule has 0 aromatic carbocycles. The molecule has 1 N–H and O–H groups in total. The highest BCUT2D eigenvalue weighted by atomic mass is 19.4. The van der Waals surface area contributed by atoms with Gasteiger partial charge in [0.15, 0.2) is 0 Å². The van der Waals surface area contributed by atoms with Crippen molar-refractivity contribution in [1.29, 1.82) is 0 Å². The third-order valence-corrected chi connectivity index (χ3v) is 5.26. The topological polar surface area (TPSA) is 97.7 Å². The van der Waals surface area contributed by atoms with Crippen LogP contribution in [0.1, 0.15) is 68.4 Å². The highest BCUT2D eigenvalue weighted by Crippen LogP contribution is 2.33. The number of alkyl halides is 3. The average molecular weight is 483 g/mol. The van der Waals surface area contributed by atoms with Gasteiger partial charge in [0.2, 0.25) is 5.88 Å². The van der Waals surface area contributed by atoms with Crippen molar-refractivity contribution in [3.05, 3.63) is 47.2 Å². The smallest absolute Gasteiger partial charge is 0.433 e. The zero-order valence-corrected chi connectivity index (χ0v) is 19.6. The van der Waals surface area contributed by atoms with Crippen LogP contribution in [0.3, 0.4) is 0 Å². The Bertz CT molecular complexity index is 1000. The Morgan fingerprint density at radius 3 is 2.50 bits per heavy atom. The molecule has 0 aliphatic carbocycles. The number of amides is 1. The molecule has 1 aliphatic heterocycles. The van der Waals surface area contributed by atoms with Crippen LogP contribution in [0.2, 0.25) is 0 Å². The number of carbonyl (C=O) groups is 1. The number of aryl methyl sites for hydroxylation is 1. The van der Waals surface area contributed by atoms with E-state index in [0.717, 1.165) is 6.07 Å². The Balaban J connectivity index is 1.68. The minimum atomic E-state index is -4.59. The number of ether oxygens (including phenoxy) is 2. The number of carbonyl (C=O) groups excluding carboxylic acids is 1. The second-order valence-corrected chi connectivity index (χ2v) is 9.19. The number of pyridine rings is 1. The van der Waals surface area contributed by atoms with Gasteiger partial charge in [0.1, 0.15) is 29.8 Å². The fourth-order valence-corrected chi connectivity index (χ4v) is 3.65. The quantitative estimate of drug-likeness (QED) is 0.674. The molecule has 2 aromatic heterocycles. The van der Waals surface area contributed by atoms with E-state index in [4.69, 9.17) is 9.47 Å². The molecule has 8 nitrogen and oxygen atoms in total. The van der Waals surface area contributed by atoms with Gasteiger partial charge in [0.25, 0.3) is 0 Å². The molecule has 3 heterocycles.